The number of halogens is 1. The second-order valence-corrected chi connectivity index (χ2v) is 4.48. The van der Waals surface area contributed by atoms with E-state index in [4.69, 9.17) is 0 Å². The summed E-state index contributed by atoms with van der Waals surface area (Å²) in [6.07, 6.45) is 3.20. The van der Waals surface area contributed by atoms with E-state index in [-0.39, 0.29) is 11.2 Å². The maximum atomic E-state index is 12.8. The van der Waals surface area contributed by atoms with Crippen molar-refractivity contribution in [2.45, 2.75) is 25.8 Å². The summed E-state index contributed by atoms with van der Waals surface area (Å²) >= 11 is 0. The molecule has 0 unspecified atom stereocenters. The Balaban J connectivity index is 2.21. The van der Waals surface area contributed by atoms with Crippen molar-refractivity contribution in [3.63, 3.8) is 0 Å². The van der Waals surface area contributed by atoms with Gasteiger partial charge in [0.05, 0.1) is 6.54 Å². The first-order valence-corrected chi connectivity index (χ1v) is 5.16. The SMILES string of the molecule is CC(C)(Cn1cncn1)c1ccc(F)cc1. The summed E-state index contributed by atoms with van der Waals surface area (Å²) < 4.78 is 14.6. The monoisotopic (exact) mass is 219 g/mol. The minimum absolute atomic E-state index is 0.0958. The third-order valence-corrected chi connectivity index (χ3v) is 2.65. The summed E-state index contributed by atoms with van der Waals surface area (Å²) in [4.78, 5) is 3.91. The van der Waals surface area contributed by atoms with E-state index in [2.05, 4.69) is 23.9 Å². The fourth-order valence-corrected chi connectivity index (χ4v) is 1.71. The highest BCUT2D eigenvalue weighted by atomic mass is 19.1. The molecule has 16 heavy (non-hydrogen) atoms. The number of rotatable bonds is 3. The Morgan fingerprint density at radius 3 is 2.50 bits per heavy atom. The van der Waals surface area contributed by atoms with Crippen molar-refractivity contribution in [3.8, 4) is 0 Å². The van der Waals surface area contributed by atoms with Gasteiger partial charge in [0.1, 0.15) is 18.5 Å². The van der Waals surface area contributed by atoms with Crippen molar-refractivity contribution in [2.75, 3.05) is 0 Å². The van der Waals surface area contributed by atoms with Gasteiger partial charge in [-0.3, -0.25) is 4.68 Å². The van der Waals surface area contributed by atoms with Gasteiger partial charge in [-0.15, -0.1) is 0 Å². The van der Waals surface area contributed by atoms with Crippen LogP contribution in [0.25, 0.3) is 0 Å². The van der Waals surface area contributed by atoms with Crippen LogP contribution in [0.2, 0.25) is 0 Å². The van der Waals surface area contributed by atoms with E-state index in [0.717, 1.165) is 12.1 Å². The minimum atomic E-state index is -0.208. The van der Waals surface area contributed by atoms with Crippen LogP contribution in [0.15, 0.2) is 36.9 Å². The van der Waals surface area contributed by atoms with Crippen LogP contribution in [0.1, 0.15) is 19.4 Å². The highest BCUT2D eigenvalue weighted by Crippen LogP contribution is 2.24. The largest absolute Gasteiger partial charge is 0.252 e. The van der Waals surface area contributed by atoms with E-state index in [1.54, 1.807) is 11.0 Å². The van der Waals surface area contributed by atoms with E-state index < -0.39 is 0 Å². The predicted molar refractivity (Wildman–Crippen MR) is 59.4 cm³/mol. The van der Waals surface area contributed by atoms with Gasteiger partial charge < -0.3 is 0 Å². The molecule has 1 heterocycles. The van der Waals surface area contributed by atoms with E-state index >= 15 is 0 Å². The van der Waals surface area contributed by atoms with Crippen LogP contribution < -0.4 is 0 Å². The van der Waals surface area contributed by atoms with Gasteiger partial charge in [0, 0.05) is 5.41 Å². The molecule has 0 N–H and O–H groups in total. The van der Waals surface area contributed by atoms with E-state index in [1.807, 2.05) is 12.1 Å². The summed E-state index contributed by atoms with van der Waals surface area (Å²) in [5, 5.41) is 4.08. The van der Waals surface area contributed by atoms with Gasteiger partial charge >= 0.3 is 0 Å². The molecule has 0 aliphatic carbocycles. The summed E-state index contributed by atoms with van der Waals surface area (Å²) in [5.74, 6) is -0.208. The first-order chi connectivity index (χ1) is 7.58. The standard InChI is InChI=1S/C12H14FN3/c1-12(2,7-16-9-14-8-15-16)10-3-5-11(13)6-4-10/h3-6,8-9H,7H2,1-2H3. The molecule has 0 amide bonds. The second-order valence-electron chi connectivity index (χ2n) is 4.48. The highest BCUT2D eigenvalue weighted by Gasteiger charge is 2.21. The van der Waals surface area contributed by atoms with Gasteiger partial charge in [0.15, 0.2) is 0 Å². The zero-order chi connectivity index (χ0) is 11.6. The van der Waals surface area contributed by atoms with Crippen molar-refractivity contribution < 1.29 is 4.39 Å². The van der Waals surface area contributed by atoms with Crippen molar-refractivity contribution in [2.24, 2.45) is 0 Å². The average molecular weight is 219 g/mol. The summed E-state index contributed by atoms with van der Waals surface area (Å²) in [6, 6.07) is 6.59. The maximum absolute atomic E-state index is 12.8. The molecule has 0 bridgehead atoms. The summed E-state index contributed by atoms with van der Waals surface area (Å²) in [5.41, 5.74) is 0.992. The van der Waals surface area contributed by atoms with Gasteiger partial charge in [0.25, 0.3) is 0 Å². The normalized spacial score (nSPS) is 11.7. The van der Waals surface area contributed by atoms with E-state index in [0.29, 0.717) is 0 Å². The predicted octanol–water partition coefficient (Wildman–Crippen LogP) is 2.40. The minimum Gasteiger partial charge on any atom is -0.252 e. The van der Waals surface area contributed by atoms with Crippen LogP contribution in [0.5, 0.6) is 0 Å². The molecule has 0 fully saturated rings. The van der Waals surface area contributed by atoms with Crippen molar-refractivity contribution in [3.05, 3.63) is 48.3 Å². The Labute approximate surface area is 93.9 Å². The lowest BCUT2D eigenvalue weighted by molar-refractivity contribution is 0.407. The Hall–Kier alpha value is -1.71. The molecular formula is C12H14FN3. The van der Waals surface area contributed by atoms with E-state index in [9.17, 15) is 4.39 Å². The molecule has 0 radical (unpaired) electrons. The fraction of sp³-hybridized carbons (Fsp3) is 0.333. The fourth-order valence-electron chi connectivity index (χ4n) is 1.71. The number of aromatic nitrogens is 3. The molecule has 0 aliphatic rings. The van der Waals surface area contributed by atoms with Crippen LogP contribution in [0.4, 0.5) is 4.39 Å². The molecule has 0 spiro atoms. The van der Waals surface area contributed by atoms with Crippen LogP contribution in [-0.2, 0) is 12.0 Å². The molecule has 1 aromatic carbocycles. The topological polar surface area (TPSA) is 30.7 Å². The molecule has 84 valence electrons. The smallest absolute Gasteiger partial charge is 0.137 e. The van der Waals surface area contributed by atoms with Gasteiger partial charge in [-0.05, 0) is 17.7 Å². The lowest BCUT2D eigenvalue weighted by Crippen LogP contribution is -2.24. The van der Waals surface area contributed by atoms with Gasteiger partial charge in [-0.2, -0.15) is 5.10 Å². The number of nitrogens with zero attached hydrogens (tertiary/aromatic N) is 3. The third-order valence-electron chi connectivity index (χ3n) is 2.65. The van der Waals surface area contributed by atoms with Crippen molar-refractivity contribution >= 4 is 0 Å². The van der Waals surface area contributed by atoms with Gasteiger partial charge in [-0.25, -0.2) is 9.37 Å². The first kappa shape index (κ1) is 10.8. The molecule has 1 aromatic heterocycles. The van der Waals surface area contributed by atoms with Gasteiger partial charge in [0.2, 0.25) is 0 Å². The second kappa shape index (κ2) is 4.04. The quantitative estimate of drug-likeness (QED) is 0.793. The highest BCUT2D eigenvalue weighted by molar-refractivity contribution is 5.23. The average Bonchev–Trinajstić information content (AvgIpc) is 2.70. The Kier molecular flexibility index (Phi) is 2.73. The molecule has 4 heteroatoms. The summed E-state index contributed by atoms with van der Waals surface area (Å²) in [6.45, 7) is 4.92. The molecule has 0 atom stereocenters. The number of benzene rings is 1. The van der Waals surface area contributed by atoms with Crippen molar-refractivity contribution in [1.82, 2.24) is 14.8 Å². The molecule has 3 nitrogen and oxygen atoms in total. The molecule has 0 saturated carbocycles. The molecule has 0 aliphatic heterocycles. The zero-order valence-electron chi connectivity index (χ0n) is 9.39. The van der Waals surface area contributed by atoms with Crippen LogP contribution in [0.3, 0.4) is 0 Å². The Morgan fingerprint density at radius 2 is 1.94 bits per heavy atom. The summed E-state index contributed by atoms with van der Waals surface area (Å²) in [7, 11) is 0. The zero-order valence-corrected chi connectivity index (χ0v) is 9.39. The Bertz CT molecular complexity index is 446. The molecular weight excluding hydrogens is 205 g/mol. The van der Waals surface area contributed by atoms with Gasteiger partial charge in [-0.1, -0.05) is 26.0 Å². The van der Waals surface area contributed by atoms with Crippen LogP contribution in [0, 0.1) is 5.82 Å². The number of hydrogen-bond acceptors (Lipinski definition) is 2. The van der Waals surface area contributed by atoms with Crippen molar-refractivity contribution in [1.29, 1.82) is 0 Å². The molecule has 2 aromatic rings. The third kappa shape index (κ3) is 2.27. The maximum Gasteiger partial charge on any atom is 0.137 e. The van der Waals surface area contributed by atoms with Crippen LogP contribution >= 0.6 is 0 Å². The molecule has 0 saturated heterocycles. The number of hydrogen-bond donors (Lipinski definition) is 0. The Morgan fingerprint density at radius 1 is 1.25 bits per heavy atom. The van der Waals surface area contributed by atoms with E-state index in [1.165, 1.54) is 18.5 Å². The molecule has 2 rings (SSSR count). The first-order valence-electron chi connectivity index (χ1n) is 5.16. The van der Waals surface area contributed by atoms with Crippen LogP contribution in [-0.4, -0.2) is 14.8 Å². The lowest BCUT2D eigenvalue weighted by Gasteiger charge is -2.24. The lowest BCUT2D eigenvalue weighted by atomic mass is 9.85.